The fraction of sp³-hybridized carbons (Fsp3) is 0.385. The largest absolute Gasteiger partial charge is 0.313 e. The molecule has 1 aromatic heterocycles. The fourth-order valence-electron chi connectivity index (χ4n) is 1.96. The molecule has 0 aliphatic heterocycles. The van der Waals surface area contributed by atoms with Crippen LogP contribution in [-0.2, 0) is 0 Å². The van der Waals surface area contributed by atoms with Crippen LogP contribution < -0.4 is 5.32 Å². The zero-order chi connectivity index (χ0) is 11.4. The number of rotatable bonds is 4. The molecule has 2 rings (SSSR count). The molecular weight excluding hydrogens is 198 g/mol. The zero-order valence-corrected chi connectivity index (χ0v) is 9.77. The summed E-state index contributed by atoms with van der Waals surface area (Å²) in [4.78, 5) is 8.60. The quantitative estimate of drug-likeness (QED) is 0.852. The minimum absolute atomic E-state index is 0.413. The molecule has 0 aliphatic carbocycles. The highest BCUT2D eigenvalue weighted by Crippen LogP contribution is 2.20. The van der Waals surface area contributed by atoms with Crippen LogP contribution in [0.1, 0.15) is 31.4 Å². The lowest BCUT2D eigenvalue weighted by molar-refractivity contribution is 0.542. The van der Waals surface area contributed by atoms with Gasteiger partial charge in [0.2, 0.25) is 0 Å². The summed E-state index contributed by atoms with van der Waals surface area (Å²) >= 11 is 0. The lowest BCUT2D eigenvalue weighted by Gasteiger charge is -2.15. The van der Waals surface area contributed by atoms with Gasteiger partial charge in [0.25, 0.3) is 0 Å². The van der Waals surface area contributed by atoms with Gasteiger partial charge in [0, 0.05) is 18.4 Å². The highest BCUT2D eigenvalue weighted by Gasteiger charge is 2.08. The van der Waals surface area contributed by atoms with Crippen molar-refractivity contribution in [2.75, 3.05) is 7.05 Å². The molecule has 1 aromatic carbocycles. The van der Waals surface area contributed by atoms with Crippen LogP contribution in [0.2, 0.25) is 0 Å². The normalized spacial score (nSPS) is 12.9. The average Bonchev–Trinajstić information content (AvgIpc) is 2.35. The minimum atomic E-state index is 0.413. The molecule has 0 amide bonds. The molecule has 0 aliphatic rings. The zero-order valence-electron chi connectivity index (χ0n) is 9.77. The predicted molar refractivity (Wildman–Crippen MR) is 66.2 cm³/mol. The molecule has 16 heavy (non-hydrogen) atoms. The van der Waals surface area contributed by atoms with Gasteiger partial charge in [0.05, 0.1) is 11.0 Å². The first-order valence-electron chi connectivity index (χ1n) is 5.73. The Labute approximate surface area is 95.9 Å². The smallest absolute Gasteiger partial charge is 0.0890 e. The topological polar surface area (TPSA) is 37.8 Å². The Bertz CT molecular complexity index is 467. The first-order chi connectivity index (χ1) is 7.85. The van der Waals surface area contributed by atoms with Crippen LogP contribution in [-0.4, -0.2) is 17.0 Å². The summed E-state index contributed by atoms with van der Waals surface area (Å²) in [6, 6.07) is 6.71. The van der Waals surface area contributed by atoms with Crippen LogP contribution in [0.4, 0.5) is 0 Å². The number of benzene rings is 1. The van der Waals surface area contributed by atoms with Gasteiger partial charge in [0.1, 0.15) is 0 Å². The summed E-state index contributed by atoms with van der Waals surface area (Å²) in [6.45, 7) is 2.20. The Morgan fingerprint density at radius 3 is 2.62 bits per heavy atom. The molecule has 0 spiro atoms. The first kappa shape index (κ1) is 11.0. The molecule has 84 valence electrons. The molecule has 1 N–H and O–H groups in total. The van der Waals surface area contributed by atoms with Crippen LogP contribution >= 0.6 is 0 Å². The van der Waals surface area contributed by atoms with Crippen LogP contribution in [0.3, 0.4) is 0 Å². The number of aromatic nitrogens is 2. The van der Waals surface area contributed by atoms with Crippen molar-refractivity contribution in [3.8, 4) is 0 Å². The molecule has 0 fully saturated rings. The third-order valence-electron chi connectivity index (χ3n) is 2.82. The average molecular weight is 215 g/mol. The van der Waals surface area contributed by atoms with Crippen LogP contribution in [0.15, 0.2) is 30.6 Å². The van der Waals surface area contributed by atoms with Gasteiger partial charge in [-0.1, -0.05) is 19.4 Å². The van der Waals surface area contributed by atoms with Gasteiger partial charge in [-0.15, -0.1) is 0 Å². The van der Waals surface area contributed by atoms with Crippen molar-refractivity contribution in [3.05, 3.63) is 36.2 Å². The summed E-state index contributed by atoms with van der Waals surface area (Å²) in [5.41, 5.74) is 3.21. The highest BCUT2D eigenvalue weighted by atomic mass is 14.9. The molecule has 0 saturated carbocycles. The SMILES string of the molecule is CCCC(NC)c1ccc2nccnc2c1. The molecule has 0 saturated heterocycles. The predicted octanol–water partition coefficient (Wildman–Crippen LogP) is 2.69. The van der Waals surface area contributed by atoms with E-state index in [9.17, 15) is 0 Å². The summed E-state index contributed by atoms with van der Waals surface area (Å²) < 4.78 is 0. The maximum Gasteiger partial charge on any atom is 0.0890 e. The fourth-order valence-corrected chi connectivity index (χ4v) is 1.96. The van der Waals surface area contributed by atoms with Crippen molar-refractivity contribution in [2.45, 2.75) is 25.8 Å². The third kappa shape index (κ3) is 2.19. The van der Waals surface area contributed by atoms with Gasteiger partial charge < -0.3 is 5.32 Å². The minimum Gasteiger partial charge on any atom is -0.313 e. The second-order valence-electron chi connectivity index (χ2n) is 3.93. The van der Waals surface area contributed by atoms with Crippen molar-refractivity contribution < 1.29 is 0 Å². The Hall–Kier alpha value is -1.48. The second kappa shape index (κ2) is 5.03. The molecule has 1 atom stereocenters. The lowest BCUT2D eigenvalue weighted by atomic mass is 10.0. The number of hydrogen-bond acceptors (Lipinski definition) is 3. The molecule has 2 aromatic rings. The number of hydrogen-bond donors (Lipinski definition) is 1. The standard InChI is InChI=1S/C13H17N3/c1-3-4-11(14-2)10-5-6-12-13(9-10)16-8-7-15-12/h5-9,11,14H,3-4H2,1-2H3. The number of nitrogens with zero attached hydrogens (tertiary/aromatic N) is 2. The Balaban J connectivity index is 2.37. The molecule has 0 bridgehead atoms. The summed E-state index contributed by atoms with van der Waals surface area (Å²) in [7, 11) is 2.00. The van der Waals surface area contributed by atoms with Crippen molar-refractivity contribution in [2.24, 2.45) is 0 Å². The van der Waals surface area contributed by atoms with Gasteiger partial charge >= 0.3 is 0 Å². The van der Waals surface area contributed by atoms with Crippen molar-refractivity contribution in [1.82, 2.24) is 15.3 Å². The summed E-state index contributed by atoms with van der Waals surface area (Å²) in [5, 5.41) is 3.34. The van der Waals surface area contributed by atoms with Gasteiger partial charge in [-0.25, -0.2) is 0 Å². The van der Waals surface area contributed by atoms with Crippen molar-refractivity contribution in [1.29, 1.82) is 0 Å². The first-order valence-corrected chi connectivity index (χ1v) is 5.73. The molecule has 0 radical (unpaired) electrons. The van der Waals surface area contributed by atoms with E-state index >= 15 is 0 Å². The third-order valence-corrected chi connectivity index (χ3v) is 2.82. The van der Waals surface area contributed by atoms with Gasteiger partial charge in [-0.05, 0) is 31.2 Å². The lowest BCUT2D eigenvalue weighted by Crippen LogP contribution is -2.15. The van der Waals surface area contributed by atoms with E-state index in [0.29, 0.717) is 6.04 Å². The van der Waals surface area contributed by atoms with E-state index in [4.69, 9.17) is 0 Å². The Morgan fingerprint density at radius 1 is 1.19 bits per heavy atom. The maximum absolute atomic E-state index is 4.33. The van der Waals surface area contributed by atoms with Gasteiger partial charge in [-0.2, -0.15) is 0 Å². The second-order valence-corrected chi connectivity index (χ2v) is 3.93. The molecular formula is C13H17N3. The van der Waals surface area contributed by atoms with Crippen molar-refractivity contribution >= 4 is 11.0 Å². The van der Waals surface area contributed by atoms with E-state index in [-0.39, 0.29) is 0 Å². The van der Waals surface area contributed by atoms with E-state index in [2.05, 4.69) is 34.3 Å². The van der Waals surface area contributed by atoms with E-state index in [1.54, 1.807) is 12.4 Å². The monoisotopic (exact) mass is 215 g/mol. The molecule has 3 heteroatoms. The van der Waals surface area contributed by atoms with E-state index in [1.165, 1.54) is 12.0 Å². The number of fused-ring (bicyclic) bond motifs is 1. The summed E-state index contributed by atoms with van der Waals surface area (Å²) in [6.07, 6.45) is 5.77. The number of nitrogens with one attached hydrogen (secondary N) is 1. The highest BCUT2D eigenvalue weighted by molar-refractivity contribution is 5.74. The summed E-state index contributed by atoms with van der Waals surface area (Å²) in [5.74, 6) is 0. The molecule has 1 unspecified atom stereocenters. The van der Waals surface area contributed by atoms with Crippen molar-refractivity contribution in [3.63, 3.8) is 0 Å². The van der Waals surface area contributed by atoms with E-state index in [1.807, 2.05) is 13.1 Å². The molecule has 1 heterocycles. The Kier molecular flexibility index (Phi) is 3.47. The molecule has 3 nitrogen and oxygen atoms in total. The Morgan fingerprint density at radius 2 is 1.94 bits per heavy atom. The van der Waals surface area contributed by atoms with Crippen LogP contribution in [0.5, 0.6) is 0 Å². The van der Waals surface area contributed by atoms with E-state index in [0.717, 1.165) is 17.5 Å². The maximum atomic E-state index is 4.33. The van der Waals surface area contributed by atoms with Crippen LogP contribution in [0.25, 0.3) is 11.0 Å². The van der Waals surface area contributed by atoms with Gasteiger partial charge in [-0.3, -0.25) is 9.97 Å². The van der Waals surface area contributed by atoms with Gasteiger partial charge in [0.15, 0.2) is 0 Å². The van der Waals surface area contributed by atoms with E-state index < -0.39 is 0 Å². The van der Waals surface area contributed by atoms with Crippen LogP contribution in [0, 0.1) is 0 Å².